The van der Waals surface area contributed by atoms with Crippen LogP contribution in [0.15, 0.2) is 29.1 Å². The van der Waals surface area contributed by atoms with Crippen molar-refractivity contribution in [2.24, 2.45) is 0 Å². The van der Waals surface area contributed by atoms with Crippen LogP contribution in [0.25, 0.3) is 10.9 Å². The molecule has 0 unspecified atom stereocenters. The topological polar surface area (TPSA) is 41.4 Å². The van der Waals surface area contributed by atoms with Crippen LogP contribution in [0.1, 0.15) is 6.92 Å². The van der Waals surface area contributed by atoms with Crippen LogP contribution < -0.4 is 10.5 Å². The van der Waals surface area contributed by atoms with Crippen molar-refractivity contribution in [3.05, 3.63) is 34.6 Å². The number of likely N-dealkylation sites (N-methyl/N-ethyl adjacent to an activating group) is 1. The maximum Gasteiger partial charge on any atom is 0.262 e. The molecule has 20 heavy (non-hydrogen) atoms. The minimum atomic E-state index is 0.0621. The summed E-state index contributed by atoms with van der Waals surface area (Å²) in [5, 5.41) is 0.701. The van der Waals surface area contributed by atoms with Crippen molar-refractivity contribution in [3.8, 4) is 0 Å². The quantitative estimate of drug-likeness (QED) is 0.823. The van der Waals surface area contributed by atoms with Crippen molar-refractivity contribution in [1.82, 2.24) is 14.5 Å². The molecule has 1 aromatic heterocycles. The Morgan fingerprint density at radius 3 is 2.55 bits per heavy atom. The first-order valence-corrected chi connectivity index (χ1v) is 7.13. The van der Waals surface area contributed by atoms with Crippen LogP contribution in [-0.4, -0.2) is 47.7 Å². The van der Waals surface area contributed by atoms with Crippen LogP contribution >= 0.6 is 0 Å². The summed E-state index contributed by atoms with van der Waals surface area (Å²) in [5.74, 6) is 0.810. The number of benzene rings is 1. The molecule has 0 aliphatic carbocycles. The number of para-hydroxylation sites is 1. The van der Waals surface area contributed by atoms with Crippen LogP contribution in [0.3, 0.4) is 0 Å². The summed E-state index contributed by atoms with van der Waals surface area (Å²) in [6.07, 6.45) is 0. The lowest BCUT2D eigenvalue weighted by Gasteiger charge is -2.34. The first-order chi connectivity index (χ1) is 9.70. The Hall–Kier alpha value is -1.88. The Morgan fingerprint density at radius 1 is 1.15 bits per heavy atom. The van der Waals surface area contributed by atoms with Gasteiger partial charge < -0.3 is 9.80 Å². The van der Waals surface area contributed by atoms with E-state index in [1.165, 1.54) is 0 Å². The molecular weight excluding hydrogens is 252 g/mol. The second kappa shape index (κ2) is 5.25. The number of rotatable bonds is 2. The Morgan fingerprint density at radius 2 is 1.85 bits per heavy atom. The second-order valence-corrected chi connectivity index (χ2v) is 5.27. The SMILES string of the molecule is CCn1c(N2CCN(C)CC2)nc2ccccc2c1=O. The van der Waals surface area contributed by atoms with Gasteiger partial charge in [-0.1, -0.05) is 12.1 Å². The molecule has 1 aromatic carbocycles. The Bertz CT molecular complexity index is 671. The van der Waals surface area contributed by atoms with E-state index in [4.69, 9.17) is 4.98 Å². The summed E-state index contributed by atoms with van der Waals surface area (Å²) < 4.78 is 1.79. The molecule has 0 spiro atoms. The third-order valence-corrected chi connectivity index (χ3v) is 3.94. The summed E-state index contributed by atoms with van der Waals surface area (Å²) in [7, 11) is 2.12. The molecular formula is C15H20N4O. The van der Waals surface area contributed by atoms with E-state index in [1.807, 2.05) is 31.2 Å². The highest BCUT2D eigenvalue weighted by molar-refractivity contribution is 5.78. The minimum Gasteiger partial charge on any atom is -0.340 e. The van der Waals surface area contributed by atoms with Gasteiger partial charge in [-0.25, -0.2) is 4.98 Å². The Kier molecular flexibility index (Phi) is 3.44. The molecule has 5 nitrogen and oxygen atoms in total. The van der Waals surface area contributed by atoms with E-state index < -0.39 is 0 Å². The number of piperazine rings is 1. The van der Waals surface area contributed by atoms with E-state index >= 15 is 0 Å². The van der Waals surface area contributed by atoms with E-state index in [9.17, 15) is 4.79 Å². The lowest BCUT2D eigenvalue weighted by molar-refractivity contribution is 0.309. The molecule has 2 aromatic rings. The van der Waals surface area contributed by atoms with Crippen LogP contribution in [-0.2, 0) is 6.54 Å². The summed E-state index contributed by atoms with van der Waals surface area (Å²) in [6.45, 7) is 6.50. The van der Waals surface area contributed by atoms with Gasteiger partial charge in [0.2, 0.25) is 5.95 Å². The molecule has 1 aliphatic heterocycles. The molecule has 0 N–H and O–H groups in total. The predicted octanol–water partition coefficient (Wildman–Crippen LogP) is 1.17. The van der Waals surface area contributed by atoms with Gasteiger partial charge in [-0.2, -0.15) is 0 Å². The van der Waals surface area contributed by atoms with Crippen molar-refractivity contribution >= 4 is 16.9 Å². The van der Waals surface area contributed by atoms with E-state index in [0.717, 1.165) is 37.6 Å². The third-order valence-electron chi connectivity index (χ3n) is 3.94. The number of hydrogen-bond donors (Lipinski definition) is 0. The number of aromatic nitrogens is 2. The number of hydrogen-bond acceptors (Lipinski definition) is 4. The standard InChI is InChI=1S/C15H20N4O/c1-3-19-14(20)12-6-4-5-7-13(12)16-15(19)18-10-8-17(2)9-11-18/h4-7H,3,8-11H2,1-2H3. The fourth-order valence-corrected chi connectivity index (χ4v) is 2.69. The van der Waals surface area contributed by atoms with Crippen LogP contribution in [0.5, 0.6) is 0 Å². The molecule has 1 saturated heterocycles. The highest BCUT2D eigenvalue weighted by Gasteiger charge is 2.19. The molecule has 1 aliphatic rings. The molecule has 0 radical (unpaired) electrons. The first-order valence-electron chi connectivity index (χ1n) is 7.13. The lowest BCUT2D eigenvalue weighted by atomic mass is 10.2. The number of anilines is 1. The monoisotopic (exact) mass is 272 g/mol. The van der Waals surface area contributed by atoms with Crippen molar-refractivity contribution in [2.45, 2.75) is 13.5 Å². The predicted molar refractivity (Wildman–Crippen MR) is 81.4 cm³/mol. The summed E-state index contributed by atoms with van der Waals surface area (Å²) in [6, 6.07) is 7.58. The molecule has 106 valence electrons. The van der Waals surface area contributed by atoms with E-state index in [1.54, 1.807) is 4.57 Å². The maximum absolute atomic E-state index is 12.6. The van der Waals surface area contributed by atoms with E-state index in [-0.39, 0.29) is 5.56 Å². The van der Waals surface area contributed by atoms with E-state index in [2.05, 4.69) is 16.8 Å². The number of fused-ring (bicyclic) bond motifs is 1. The van der Waals surface area contributed by atoms with Gasteiger partial charge in [0.1, 0.15) is 0 Å². The molecule has 0 atom stereocenters. The zero-order valence-electron chi connectivity index (χ0n) is 12.0. The Labute approximate surface area is 118 Å². The van der Waals surface area contributed by atoms with Crippen molar-refractivity contribution in [1.29, 1.82) is 0 Å². The van der Waals surface area contributed by atoms with Gasteiger partial charge in [0.05, 0.1) is 10.9 Å². The van der Waals surface area contributed by atoms with Gasteiger partial charge in [0.15, 0.2) is 0 Å². The highest BCUT2D eigenvalue weighted by atomic mass is 16.1. The molecule has 0 bridgehead atoms. The zero-order valence-corrected chi connectivity index (χ0v) is 12.0. The van der Waals surface area contributed by atoms with Gasteiger partial charge in [0, 0.05) is 32.7 Å². The minimum absolute atomic E-state index is 0.0621. The second-order valence-electron chi connectivity index (χ2n) is 5.27. The maximum atomic E-state index is 12.6. The van der Waals surface area contributed by atoms with Gasteiger partial charge in [-0.15, -0.1) is 0 Å². The average Bonchev–Trinajstić information content (AvgIpc) is 2.48. The zero-order chi connectivity index (χ0) is 14.1. The summed E-state index contributed by atoms with van der Waals surface area (Å²) in [5.41, 5.74) is 0.850. The molecule has 3 rings (SSSR count). The van der Waals surface area contributed by atoms with Gasteiger partial charge >= 0.3 is 0 Å². The molecule has 2 heterocycles. The molecule has 0 saturated carbocycles. The summed E-state index contributed by atoms with van der Waals surface area (Å²) >= 11 is 0. The Balaban J connectivity index is 2.12. The van der Waals surface area contributed by atoms with Gasteiger partial charge in [-0.3, -0.25) is 9.36 Å². The van der Waals surface area contributed by atoms with Crippen LogP contribution in [0.2, 0.25) is 0 Å². The average molecular weight is 272 g/mol. The van der Waals surface area contributed by atoms with Crippen LogP contribution in [0.4, 0.5) is 5.95 Å². The van der Waals surface area contributed by atoms with Crippen LogP contribution in [0, 0.1) is 0 Å². The third kappa shape index (κ3) is 2.18. The first kappa shape index (κ1) is 13.1. The normalized spacial score (nSPS) is 16.8. The molecule has 1 fully saturated rings. The van der Waals surface area contributed by atoms with Gasteiger partial charge in [-0.05, 0) is 26.1 Å². The van der Waals surface area contributed by atoms with Crippen molar-refractivity contribution in [2.75, 3.05) is 38.1 Å². The summed E-state index contributed by atoms with van der Waals surface area (Å²) in [4.78, 5) is 21.8. The number of nitrogens with zero attached hydrogens (tertiary/aromatic N) is 4. The largest absolute Gasteiger partial charge is 0.340 e. The fourth-order valence-electron chi connectivity index (χ4n) is 2.69. The van der Waals surface area contributed by atoms with Crippen molar-refractivity contribution in [3.63, 3.8) is 0 Å². The fraction of sp³-hybridized carbons (Fsp3) is 0.467. The smallest absolute Gasteiger partial charge is 0.262 e. The van der Waals surface area contributed by atoms with E-state index in [0.29, 0.717) is 11.9 Å². The van der Waals surface area contributed by atoms with Crippen molar-refractivity contribution < 1.29 is 0 Å². The lowest BCUT2D eigenvalue weighted by Crippen LogP contribution is -2.46. The highest BCUT2D eigenvalue weighted by Crippen LogP contribution is 2.16. The van der Waals surface area contributed by atoms with Gasteiger partial charge in [0.25, 0.3) is 5.56 Å². The molecule has 5 heteroatoms. The molecule has 0 amide bonds.